The van der Waals surface area contributed by atoms with Gasteiger partial charge in [-0.25, -0.2) is 0 Å². The summed E-state index contributed by atoms with van der Waals surface area (Å²) in [6.07, 6.45) is 2.77. The molecule has 1 saturated carbocycles. The number of pyridine rings is 1. The highest BCUT2D eigenvalue weighted by Crippen LogP contribution is 2.41. The zero-order valence-electron chi connectivity index (χ0n) is 13.0. The summed E-state index contributed by atoms with van der Waals surface area (Å²) >= 11 is 1.32. The highest BCUT2D eigenvalue weighted by molar-refractivity contribution is 7.12. The summed E-state index contributed by atoms with van der Waals surface area (Å²) in [5.41, 5.74) is 0.811. The number of nitrogens with one attached hydrogen (secondary N) is 1. The number of amides is 1. The quantitative estimate of drug-likeness (QED) is 0.887. The van der Waals surface area contributed by atoms with Crippen molar-refractivity contribution in [3.8, 4) is 11.5 Å². The molecule has 24 heavy (non-hydrogen) atoms. The lowest BCUT2D eigenvalue weighted by atomic mass is 9.76. The van der Waals surface area contributed by atoms with Gasteiger partial charge in [-0.15, -0.1) is 11.3 Å². The highest BCUT2D eigenvalue weighted by Gasteiger charge is 2.37. The Morgan fingerprint density at radius 1 is 1.33 bits per heavy atom. The van der Waals surface area contributed by atoms with E-state index < -0.39 is 0 Å². The second kappa shape index (κ2) is 6.41. The average molecular weight is 346 g/mol. The van der Waals surface area contributed by atoms with Gasteiger partial charge in [-0.3, -0.25) is 9.78 Å². The topological polar surface area (TPSA) is 80.7 Å². The number of carbonyl (C=O) groups excluding carboxylic acids is 1. The fourth-order valence-corrected chi connectivity index (χ4v) is 3.95. The molecule has 2 N–H and O–H groups in total. The third kappa shape index (κ3) is 2.85. The van der Waals surface area contributed by atoms with Gasteiger partial charge in [0.1, 0.15) is 18.1 Å². The van der Waals surface area contributed by atoms with Crippen molar-refractivity contribution >= 4 is 17.2 Å². The molecule has 1 atom stereocenters. The second-order valence-corrected chi connectivity index (χ2v) is 6.93. The van der Waals surface area contributed by atoms with Crippen molar-refractivity contribution in [1.29, 1.82) is 0 Å². The van der Waals surface area contributed by atoms with Gasteiger partial charge in [0, 0.05) is 11.6 Å². The first-order valence-electron chi connectivity index (χ1n) is 7.99. The molecule has 0 saturated heterocycles. The van der Waals surface area contributed by atoms with Gasteiger partial charge in [0.2, 0.25) is 0 Å². The van der Waals surface area contributed by atoms with Gasteiger partial charge in [0.05, 0.1) is 17.8 Å². The zero-order valence-corrected chi connectivity index (χ0v) is 13.8. The lowest BCUT2D eigenvalue weighted by Crippen LogP contribution is -2.41. The molecule has 1 aliphatic heterocycles. The van der Waals surface area contributed by atoms with Gasteiger partial charge in [0.15, 0.2) is 11.5 Å². The van der Waals surface area contributed by atoms with Crippen molar-refractivity contribution in [1.82, 2.24) is 10.3 Å². The summed E-state index contributed by atoms with van der Waals surface area (Å²) in [5.74, 6) is 1.15. The molecular weight excluding hydrogens is 328 g/mol. The Hall–Kier alpha value is -2.12. The van der Waals surface area contributed by atoms with Crippen molar-refractivity contribution in [3.05, 3.63) is 40.3 Å². The molecule has 126 valence electrons. The maximum Gasteiger partial charge on any atom is 0.265 e. The minimum absolute atomic E-state index is 0.187. The smallest absolute Gasteiger partial charge is 0.265 e. The molecule has 2 aromatic rings. The van der Waals surface area contributed by atoms with E-state index >= 15 is 0 Å². The largest absolute Gasteiger partial charge is 0.485 e. The average Bonchev–Trinajstić information content (AvgIpc) is 3.02. The third-order valence-corrected chi connectivity index (χ3v) is 5.36. The number of ether oxygens (including phenoxy) is 2. The van der Waals surface area contributed by atoms with Crippen LogP contribution in [0.25, 0.3) is 0 Å². The molecule has 2 aliphatic rings. The second-order valence-electron chi connectivity index (χ2n) is 6.05. The molecule has 7 heteroatoms. The van der Waals surface area contributed by atoms with Crippen LogP contribution in [0.5, 0.6) is 11.5 Å². The van der Waals surface area contributed by atoms with Crippen LogP contribution in [-0.4, -0.2) is 35.3 Å². The van der Waals surface area contributed by atoms with Crippen molar-refractivity contribution in [2.75, 3.05) is 13.2 Å². The van der Waals surface area contributed by atoms with Crippen LogP contribution in [0.4, 0.5) is 0 Å². The van der Waals surface area contributed by atoms with E-state index in [1.54, 1.807) is 11.6 Å². The summed E-state index contributed by atoms with van der Waals surface area (Å²) in [5, 5.41) is 14.5. The standard InChI is InChI=1S/C17H18N2O4S/c20-11-7-10(8-11)14(12-3-1-2-4-18-12)19-17(21)16-15-13(9-24-16)22-5-6-23-15/h1-4,9-11,14,20H,5-8H2,(H,19,21)/t10?,11?,14-/m1/s1. The van der Waals surface area contributed by atoms with E-state index in [0.717, 1.165) is 5.69 Å². The summed E-state index contributed by atoms with van der Waals surface area (Å²) in [4.78, 5) is 17.7. The van der Waals surface area contributed by atoms with Gasteiger partial charge >= 0.3 is 0 Å². The lowest BCUT2D eigenvalue weighted by molar-refractivity contribution is 0.0228. The molecule has 0 spiro atoms. The Labute approximate surface area is 143 Å². The lowest BCUT2D eigenvalue weighted by Gasteiger charge is -2.37. The maximum atomic E-state index is 12.8. The van der Waals surface area contributed by atoms with E-state index in [1.165, 1.54) is 11.3 Å². The summed E-state index contributed by atoms with van der Waals surface area (Å²) in [6, 6.07) is 5.43. The molecule has 0 unspecified atom stereocenters. The van der Waals surface area contributed by atoms with E-state index in [-0.39, 0.29) is 24.0 Å². The minimum Gasteiger partial charge on any atom is -0.485 e. The minimum atomic E-state index is -0.288. The van der Waals surface area contributed by atoms with Crippen LogP contribution in [-0.2, 0) is 0 Å². The zero-order chi connectivity index (χ0) is 16.5. The Morgan fingerprint density at radius 3 is 2.92 bits per heavy atom. The van der Waals surface area contributed by atoms with Crippen molar-refractivity contribution in [3.63, 3.8) is 0 Å². The van der Waals surface area contributed by atoms with E-state index in [9.17, 15) is 9.90 Å². The number of aromatic nitrogens is 1. The van der Waals surface area contributed by atoms with Crippen molar-refractivity contribution < 1.29 is 19.4 Å². The van der Waals surface area contributed by atoms with Crippen LogP contribution in [0.2, 0.25) is 0 Å². The van der Waals surface area contributed by atoms with Crippen LogP contribution in [0.1, 0.15) is 34.2 Å². The van der Waals surface area contributed by atoms with Crippen LogP contribution in [0, 0.1) is 5.92 Å². The van der Waals surface area contributed by atoms with Crippen LogP contribution >= 0.6 is 11.3 Å². The number of rotatable bonds is 4. The number of hydrogen-bond donors (Lipinski definition) is 2. The molecule has 1 aliphatic carbocycles. The van der Waals surface area contributed by atoms with E-state index in [4.69, 9.17) is 9.47 Å². The fourth-order valence-electron chi connectivity index (χ4n) is 3.12. The number of fused-ring (bicyclic) bond motifs is 1. The summed E-state index contributed by atoms with van der Waals surface area (Å²) in [7, 11) is 0. The molecule has 6 nitrogen and oxygen atoms in total. The van der Waals surface area contributed by atoms with Gasteiger partial charge in [0.25, 0.3) is 5.91 Å². The normalized spacial score (nSPS) is 23.2. The first-order valence-corrected chi connectivity index (χ1v) is 8.87. The molecule has 4 rings (SSSR count). The predicted octanol–water partition coefficient (Wildman–Crippen LogP) is 2.16. The number of nitrogens with zero attached hydrogens (tertiary/aromatic N) is 1. The van der Waals surface area contributed by atoms with Crippen molar-refractivity contribution in [2.24, 2.45) is 5.92 Å². The molecular formula is C17H18N2O4S. The summed E-state index contributed by atoms with van der Waals surface area (Å²) in [6.45, 7) is 0.948. The number of aliphatic hydroxyl groups excluding tert-OH is 1. The number of hydrogen-bond acceptors (Lipinski definition) is 6. The van der Waals surface area contributed by atoms with Crippen molar-refractivity contribution in [2.45, 2.75) is 25.0 Å². The fraction of sp³-hybridized carbons (Fsp3) is 0.412. The molecule has 0 radical (unpaired) electrons. The van der Waals surface area contributed by atoms with Gasteiger partial charge < -0.3 is 19.9 Å². The van der Waals surface area contributed by atoms with E-state index in [0.29, 0.717) is 42.4 Å². The Balaban J connectivity index is 1.56. The van der Waals surface area contributed by atoms with Gasteiger partial charge in [-0.05, 0) is 30.9 Å². The molecule has 0 bridgehead atoms. The molecule has 2 aromatic heterocycles. The van der Waals surface area contributed by atoms with Crippen LogP contribution in [0.3, 0.4) is 0 Å². The Morgan fingerprint density at radius 2 is 2.17 bits per heavy atom. The number of aliphatic hydroxyl groups is 1. The molecule has 1 amide bonds. The highest BCUT2D eigenvalue weighted by atomic mass is 32.1. The third-order valence-electron chi connectivity index (χ3n) is 4.42. The molecule has 0 aromatic carbocycles. The number of thiophene rings is 1. The first-order chi connectivity index (χ1) is 11.7. The number of carbonyl (C=O) groups is 1. The first kappa shape index (κ1) is 15.4. The molecule has 3 heterocycles. The molecule has 1 fully saturated rings. The summed E-state index contributed by atoms with van der Waals surface area (Å²) < 4.78 is 11.1. The van der Waals surface area contributed by atoms with E-state index in [2.05, 4.69) is 10.3 Å². The SMILES string of the molecule is O=C(N[C@@H](c1ccccn1)C1CC(O)C1)c1scc2c1OCCO2. The predicted molar refractivity (Wildman–Crippen MR) is 88.5 cm³/mol. The van der Waals surface area contributed by atoms with Crippen LogP contribution < -0.4 is 14.8 Å². The maximum absolute atomic E-state index is 12.8. The van der Waals surface area contributed by atoms with Crippen LogP contribution in [0.15, 0.2) is 29.8 Å². The van der Waals surface area contributed by atoms with Gasteiger partial charge in [-0.2, -0.15) is 0 Å². The Kier molecular flexibility index (Phi) is 4.12. The van der Waals surface area contributed by atoms with E-state index in [1.807, 2.05) is 18.2 Å². The Bertz CT molecular complexity index is 727. The van der Waals surface area contributed by atoms with Gasteiger partial charge in [-0.1, -0.05) is 6.07 Å². The monoisotopic (exact) mass is 346 g/mol.